The second-order valence-corrected chi connectivity index (χ2v) is 4.52. The van der Waals surface area contributed by atoms with Gasteiger partial charge in [-0.05, 0) is 24.1 Å². The monoisotopic (exact) mass is 217 g/mol. The molecule has 2 nitrogen and oxygen atoms in total. The van der Waals surface area contributed by atoms with Gasteiger partial charge in [-0.15, -0.1) is 0 Å². The molecule has 1 aliphatic heterocycles. The van der Waals surface area contributed by atoms with E-state index in [1.54, 1.807) is 0 Å². The Morgan fingerprint density at radius 3 is 2.62 bits per heavy atom. The molecule has 1 fully saturated rings. The van der Waals surface area contributed by atoms with Gasteiger partial charge in [-0.2, -0.15) is 0 Å². The molecule has 1 aromatic rings. The van der Waals surface area contributed by atoms with Crippen molar-refractivity contribution in [2.24, 2.45) is 0 Å². The number of aryl methyl sites for hydroxylation is 1. The Morgan fingerprint density at radius 2 is 1.94 bits per heavy atom. The van der Waals surface area contributed by atoms with Gasteiger partial charge in [-0.3, -0.25) is 4.90 Å². The lowest BCUT2D eigenvalue weighted by atomic mass is 10.1. The van der Waals surface area contributed by atoms with Crippen molar-refractivity contribution in [2.75, 3.05) is 31.1 Å². The second kappa shape index (κ2) is 5.35. The van der Waals surface area contributed by atoms with E-state index in [-0.39, 0.29) is 0 Å². The average molecular weight is 217 g/mol. The van der Waals surface area contributed by atoms with Crippen LogP contribution in [0.3, 0.4) is 0 Å². The number of anilines is 1. The van der Waals surface area contributed by atoms with E-state index in [9.17, 15) is 0 Å². The van der Waals surface area contributed by atoms with E-state index in [1.807, 2.05) is 0 Å². The lowest BCUT2D eigenvalue weighted by Crippen LogP contribution is -2.43. The smallest absolute Gasteiger partial charge is 0.0369 e. The quantitative estimate of drug-likeness (QED) is 0.767. The summed E-state index contributed by atoms with van der Waals surface area (Å²) in [4.78, 5) is 4.60. The molecule has 1 saturated heterocycles. The zero-order valence-corrected chi connectivity index (χ0v) is 10.2. The van der Waals surface area contributed by atoms with Crippen LogP contribution < -0.4 is 4.90 Å². The van der Waals surface area contributed by atoms with E-state index in [4.69, 9.17) is 0 Å². The maximum Gasteiger partial charge on any atom is 0.0369 e. The van der Waals surface area contributed by atoms with Crippen LogP contribution >= 0.6 is 0 Å². The van der Waals surface area contributed by atoms with E-state index < -0.39 is 0 Å². The van der Waals surface area contributed by atoms with E-state index in [0.717, 1.165) is 26.2 Å². The third-order valence-corrected chi connectivity index (χ3v) is 3.19. The SMILES string of the molecule is [CH2]N1CCN(c2cccc(CCC)c2)CC1. The van der Waals surface area contributed by atoms with Crippen molar-refractivity contribution >= 4 is 5.69 Å². The maximum atomic E-state index is 3.98. The largest absolute Gasteiger partial charge is 0.369 e. The highest BCUT2D eigenvalue weighted by atomic mass is 15.2. The van der Waals surface area contributed by atoms with Crippen LogP contribution in [0.1, 0.15) is 18.9 Å². The molecule has 0 N–H and O–H groups in total. The zero-order valence-electron chi connectivity index (χ0n) is 10.2. The van der Waals surface area contributed by atoms with Crippen LogP contribution in [0.15, 0.2) is 24.3 Å². The fraction of sp³-hybridized carbons (Fsp3) is 0.500. The van der Waals surface area contributed by atoms with Gasteiger partial charge in [0.25, 0.3) is 0 Å². The molecule has 0 aliphatic carbocycles. The van der Waals surface area contributed by atoms with Crippen LogP contribution in [0.5, 0.6) is 0 Å². The van der Waals surface area contributed by atoms with Crippen molar-refractivity contribution in [1.82, 2.24) is 4.90 Å². The minimum atomic E-state index is 1.07. The molecule has 2 rings (SSSR count). The molecule has 0 aromatic heterocycles. The molecule has 1 radical (unpaired) electrons. The summed E-state index contributed by atoms with van der Waals surface area (Å²) in [6.45, 7) is 6.56. The molecular weight excluding hydrogens is 196 g/mol. The van der Waals surface area contributed by atoms with Gasteiger partial charge in [0, 0.05) is 38.9 Å². The first-order chi connectivity index (χ1) is 7.79. The van der Waals surface area contributed by atoms with Crippen LogP contribution in [0.2, 0.25) is 0 Å². The summed E-state index contributed by atoms with van der Waals surface area (Å²) in [6, 6.07) is 8.96. The molecule has 1 aliphatic rings. The van der Waals surface area contributed by atoms with Gasteiger partial charge in [0.2, 0.25) is 0 Å². The number of hydrogen-bond acceptors (Lipinski definition) is 2. The van der Waals surface area contributed by atoms with E-state index in [0.29, 0.717) is 0 Å². The molecule has 16 heavy (non-hydrogen) atoms. The summed E-state index contributed by atoms with van der Waals surface area (Å²) in [5.74, 6) is 0. The van der Waals surface area contributed by atoms with Crippen molar-refractivity contribution in [3.8, 4) is 0 Å². The highest BCUT2D eigenvalue weighted by Gasteiger charge is 2.14. The Labute approximate surface area is 98.9 Å². The van der Waals surface area contributed by atoms with E-state index in [2.05, 4.69) is 48.0 Å². The van der Waals surface area contributed by atoms with Gasteiger partial charge in [-0.25, -0.2) is 0 Å². The number of piperazine rings is 1. The number of benzene rings is 1. The molecule has 87 valence electrons. The predicted molar refractivity (Wildman–Crippen MR) is 69.6 cm³/mol. The lowest BCUT2D eigenvalue weighted by Gasteiger charge is -2.34. The van der Waals surface area contributed by atoms with Gasteiger partial charge in [0.1, 0.15) is 0 Å². The lowest BCUT2D eigenvalue weighted by molar-refractivity contribution is 0.344. The van der Waals surface area contributed by atoms with Gasteiger partial charge < -0.3 is 4.90 Å². The van der Waals surface area contributed by atoms with Crippen molar-refractivity contribution < 1.29 is 0 Å². The average Bonchev–Trinajstić information content (AvgIpc) is 2.31. The fourth-order valence-corrected chi connectivity index (χ4v) is 2.20. The predicted octanol–water partition coefficient (Wildman–Crippen LogP) is 2.55. The molecule has 0 bridgehead atoms. The molecule has 1 heterocycles. The van der Waals surface area contributed by atoms with Crippen molar-refractivity contribution in [1.29, 1.82) is 0 Å². The van der Waals surface area contributed by atoms with E-state index in [1.165, 1.54) is 24.1 Å². The Morgan fingerprint density at radius 1 is 1.19 bits per heavy atom. The highest BCUT2D eigenvalue weighted by Crippen LogP contribution is 2.18. The molecule has 0 atom stereocenters. The standard InChI is InChI=1S/C14H21N2/c1-3-5-13-6-4-7-14(12-13)16-10-8-15(2)9-11-16/h4,6-7,12H,2-3,5,8-11H2,1H3. The number of rotatable bonds is 3. The molecule has 0 unspecified atom stereocenters. The van der Waals surface area contributed by atoms with Gasteiger partial charge in [-0.1, -0.05) is 25.5 Å². The Hall–Kier alpha value is -1.02. The third kappa shape index (κ3) is 2.76. The number of hydrogen-bond donors (Lipinski definition) is 0. The highest BCUT2D eigenvalue weighted by molar-refractivity contribution is 5.49. The summed E-state index contributed by atoms with van der Waals surface area (Å²) in [5.41, 5.74) is 2.83. The Kier molecular flexibility index (Phi) is 3.83. The number of nitrogens with zero attached hydrogens (tertiary/aromatic N) is 2. The first-order valence-electron chi connectivity index (χ1n) is 6.19. The fourth-order valence-electron chi connectivity index (χ4n) is 2.20. The first-order valence-corrected chi connectivity index (χ1v) is 6.19. The second-order valence-electron chi connectivity index (χ2n) is 4.52. The summed E-state index contributed by atoms with van der Waals surface area (Å²) in [5, 5.41) is 0. The third-order valence-electron chi connectivity index (χ3n) is 3.19. The molecule has 0 spiro atoms. The van der Waals surface area contributed by atoms with Crippen molar-refractivity contribution in [3.63, 3.8) is 0 Å². The Bertz CT molecular complexity index is 327. The van der Waals surface area contributed by atoms with Crippen LogP contribution in [-0.4, -0.2) is 31.1 Å². The summed E-state index contributed by atoms with van der Waals surface area (Å²) in [6.07, 6.45) is 2.40. The molecule has 0 saturated carbocycles. The van der Waals surface area contributed by atoms with Gasteiger partial charge >= 0.3 is 0 Å². The maximum absolute atomic E-state index is 3.98. The Balaban J connectivity index is 2.05. The van der Waals surface area contributed by atoms with Crippen molar-refractivity contribution in [2.45, 2.75) is 19.8 Å². The van der Waals surface area contributed by atoms with Crippen LogP contribution in [-0.2, 0) is 6.42 Å². The van der Waals surface area contributed by atoms with Gasteiger partial charge in [0.15, 0.2) is 0 Å². The normalized spacial score (nSPS) is 17.8. The molecular formula is C14H21N2. The van der Waals surface area contributed by atoms with E-state index >= 15 is 0 Å². The first kappa shape index (κ1) is 11.5. The molecule has 1 aromatic carbocycles. The van der Waals surface area contributed by atoms with Crippen LogP contribution in [0.4, 0.5) is 5.69 Å². The minimum Gasteiger partial charge on any atom is -0.369 e. The van der Waals surface area contributed by atoms with Crippen LogP contribution in [0, 0.1) is 7.05 Å². The summed E-state index contributed by atoms with van der Waals surface area (Å²) >= 11 is 0. The molecule has 0 amide bonds. The summed E-state index contributed by atoms with van der Waals surface area (Å²) in [7, 11) is 3.98. The van der Waals surface area contributed by atoms with Crippen LogP contribution in [0.25, 0.3) is 0 Å². The zero-order chi connectivity index (χ0) is 11.4. The van der Waals surface area contributed by atoms with Crippen molar-refractivity contribution in [3.05, 3.63) is 36.9 Å². The molecule has 2 heteroatoms. The minimum absolute atomic E-state index is 1.07. The summed E-state index contributed by atoms with van der Waals surface area (Å²) < 4.78 is 0. The van der Waals surface area contributed by atoms with Gasteiger partial charge in [0.05, 0.1) is 0 Å². The topological polar surface area (TPSA) is 6.48 Å².